The summed E-state index contributed by atoms with van der Waals surface area (Å²) in [5.74, 6) is 0. The highest BCUT2D eigenvalue weighted by atomic mass is 14.5. The molecule has 0 heterocycles. The van der Waals surface area contributed by atoms with Gasteiger partial charge in [0.25, 0.3) is 0 Å². The first-order valence-corrected chi connectivity index (χ1v) is 4.60. The van der Waals surface area contributed by atoms with Crippen molar-refractivity contribution in [1.29, 1.82) is 0 Å². The van der Waals surface area contributed by atoms with E-state index in [1.807, 2.05) is 12.1 Å². The zero-order valence-corrected chi connectivity index (χ0v) is 8.33. The van der Waals surface area contributed by atoms with E-state index in [4.69, 9.17) is 5.73 Å². The Morgan fingerprint density at radius 2 is 1.85 bits per heavy atom. The van der Waals surface area contributed by atoms with Gasteiger partial charge in [0, 0.05) is 12.0 Å². The second-order valence-electron chi connectivity index (χ2n) is 3.73. The molecule has 2 N–H and O–H groups in total. The van der Waals surface area contributed by atoms with Crippen LogP contribution in [0.1, 0.15) is 19.4 Å². The Balaban J connectivity index is 2.87. The van der Waals surface area contributed by atoms with Crippen molar-refractivity contribution >= 4 is 0 Å². The normalized spacial score (nSPS) is 12.2. The standard InChI is InChI=1S/C12H17N/c1-12(2,9-6-10-13)11-7-4-3-5-8-11/h3-9H,10,13H2,1-2H3/b9-6+. The molecule has 0 radical (unpaired) electrons. The lowest BCUT2D eigenvalue weighted by Gasteiger charge is -2.20. The SMILES string of the molecule is CC(C)(/C=C/CN)c1ccccc1. The van der Waals surface area contributed by atoms with Crippen LogP contribution >= 0.6 is 0 Å². The van der Waals surface area contributed by atoms with Crippen molar-refractivity contribution < 1.29 is 0 Å². The van der Waals surface area contributed by atoms with Crippen LogP contribution in [0.25, 0.3) is 0 Å². The second-order valence-corrected chi connectivity index (χ2v) is 3.73. The van der Waals surface area contributed by atoms with E-state index in [0.717, 1.165) is 0 Å². The van der Waals surface area contributed by atoms with Gasteiger partial charge in [-0.25, -0.2) is 0 Å². The predicted octanol–water partition coefficient (Wildman–Crippen LogP) is 2.48. The third kappa shape index (κ3) is 2.71. The fourth-order valence-corrected chi connectivity index (χ4v) is 1.33. The van der Waals surface area contributed by atoms with Crippen molar-refractivity contribution in [3.05, 3.63) is 48.0 Å². The average Bonchev–Trinajstić information content (AvgIpc) is 2.16. The van der Waals surface area contributed by atoms with Gasteiger partial charge >= 0.3 is 0 Å². The molecule has 0 aliphatic carbocycles. The first kappa shape index (κ1) is 10.0. The minimum Gasteiger partial charge on any atom is -0.327 e. The van der Waals surface area contributed by atoms with Gasteiger partial charge in [0.1, 0.15) is 0 Å². The first-order valence-electron chi connectivity index (χ1n) is 4.60. The maximum Gasteiger partial charge on any atom is 0.0107 e. The zero-order chi connectivity index (χ0) is 9.73. The summed E-state index contributed by atoms with van der Waals surface area (Å²) < 4.78 is 0. The van der Waals surface area contributed by atoms with Crippen LogP contribution in [0.2, 0.25) is 0 Å². The molecule has 1 aromatic rings. The molecule has 0 aliphatic heterocycles. The van der Waals surface area contributed by atoms with Crippen molar-refractivity contribution in [2.45, 2.75) is 19.3 Å². The van der Waals surface area contributed by atoms with E-state index in [2.05, 4.69) is 44.2 Å². The van der Waals surface area contributed by atoms with Gasteiger partial charge in [0.05, 0.1) is 0 Å². The van der Waals surface area contributed by atoms with Crippen LogP contribution in [0.15, 0.2) is 42.5 Å². The van der Waals surface area contributed by atoms with Crippen molar-refractivity contribution in [1.82, 2.24) is 0 Å². The van der Waals surface area contributed by atoms with Crippen LogP contribution in [-0.2, 0) is 5.41 Å². The van der Waals surface area contributed by atoms with Gasteiger partial charge < -0.3 is 5.73 Å². The zero-order valence-electron chi connectivity index (χ0n) is 8.33. The molecule has 0 atom stereocenters. The topological polar surface area (TPSA) is 26.0 Å². The maximum absolute atomic E-state index is 5.43. The molecule has 1 nitrogen and oxygen atoms in total. The number of hydrogen-bond donors (Lipinski definition) is 1. The number of rotatable bonds is 3. The van der Waals surface area contributed by atoms with Crippen molar-refractivity contribution in [2.24, 2.45) is 5.73 Å². The summed E-state index contributed by atoms with van der Waals surface area (Å²) in [6.45, 7) is 4.99. The van der Waals surface area contributed by atoms with E-state index in [9.17, 15) is 0 Å². The van der Waals surface area contributed by atoms with E-state index in [0.29, 0.717) is 6.54 Å². The minimum absolute atomic E-state index is 0.0840. The quantitative estimate of drug-likeness (QED) is 0.702. The molecule has 0 unspecified atom stereocenters. The summed E-state index contributed by atoms with van der Waals surface area (Å²) in [7, 11) is 0. The smallest absolute Gasteiger partial charge is 0.0107 e. The van der Waals surface area contributed by atoms with Gasteiger partial charge in [-0.3, -0.25) is 0 Å². The predicted molar refractivity (Wildman–Crippen MR) is 57.7 cm³/mol. The number of allylic oxidation sites excluding steroid dienone is 1. The van der Waals surface area contributed by atoms with Crippen LogP contribution in [0, 0.1) is 0 Å². The van der Waals surface area contributed by atoms with Crippen LogP contribution < -0.4 is 5.73 Å². The minimum atomic E-state index is 0.0840. The molecule has 70 valence electrons. The fourth-order valence-electron chi connectivity index (χ4n) is 1.33. The highest BCUT2D eigenvalue weighted by Crippen LogP contribution is 2.23. The molecule has 0 spiro atoms. The first-order chi connectivity index (χ1) is 6.17. The average molecular weight is 175 g/mol. The molecule has 1 rings (SSSR count). The van der Waals surface area contributed by atoms with Gasteiger partial charge in [-0.2, -0.15) is 0 Å². The highest BCUT2D eigenvalue weighted by molar-refractivity contribution is 5.28. The van der Waals surface area contributed by atoms with Crippen LogP contribution in [0.5, 0.6) is 0 Å². The Morgan fingerprint density at radius 3 is 2.38 bits per heavy atom. The summed E-state index contributed by atoms with van der Waals surface area (Å²) in [4.78, 5) is 0. The van der Waals surface area contributed by atoms with Crippen LogP contribution in [-0.4, -0.2) is 6.54 Å². The Bertz CT molecular complexity index is 272. The largest absolute Gasteiger partial charge is 0.327 e. The monoisotopic (exact) mass is 175 g/mol. The van der Waals surface area contributed by atoms with E-state index in [1.54, 1.807) is 0 Å². The summed E-state index contributed by atoms with van der Waals surface area (Å²) in [6, 6.07) is 10.4. The van der Waals surface area contributed by atoms with E-state index in [-0.39, 0.29) is 5.41 Å². The molecule has 13 heavy (non-hydrogen) atoms. The Hall–Kier alpha value is -1.08. The summed E-state index contributed by atoms with van der Waals surface area (Å²) >= 11 is 0. The molecule has 0 amide bonds. The molecular weight excluding hydrogens is 158 g/mol. The summed E-state index contributed by atoms with van der Waals surface area (Å²) in [5, 5.41) is 0. The molecule has 0 saturated carbocycles. The molecule has 1 aromatic carbocycles. The second kappa shape index (κ2) is 4.24. The van der Waals surface area contributed by atoms with Crippen molar-refractivity contribution in [3.63, 3.8) is 0 Å². The highest BCUT2D eigenvalue weighted by Gasteiger charge is 2.15. The van der Waals surface area contributed by atoms with Crippen molar-refractivity contribution in [3.8, 4) is 0 Å². The Labute approximate surface area is 80.3 Å². The van der Waals surface area contributed by atoms with Gasteiger partial charge in [-0.15, -0.1) is 0 Å². The molecule has 0 aromatic heterocycles. The number of hydrogen-bond acceptors (Lipinski definition) is 1. The molecule has 0 aliphatic rings. The van der Waals surface area contributed by atoms with E-state index in [1.165, 1.54) is 5.56 Å². The lowest BCUT2D eigenvalue weighted by molar-refractivity contribution is 0.668. The third-order valence-corrected chi connectivity index (χ3v) is 2.19. The number of nitrogens with two attached hydrogens (primary N) is 1. The van der Waals surface area contributed by atoms with Crippen LogP contribution in [0.4, 0.5) is 0 Å². The van der Waals surface area contributed by atoms with E-state index >= 15 is 0 Å². The van der Waals surface area contributed by atoms with Crippen LogP contribution in [0.3, 0.4) is 0 Å². The van der Waals surface area contributed by atoms with Gasteiger partial charge in [-0.1, -0.05) is 56.3 Å². The van der Waals surface area contributed by atoms with Crippen molar-refractivity contribution in [2.75, 3.05) is 6.54 Å². The van der Waals surface area contributed by atoms with E-state index < -0.39 is 0 Å². The number of benzene rings is 1. The Kier molecular flexibility index (Phi) is 3.26. The molecule has 0 fully saturated rings. The summed E-state index contributed by atoms with van der Waals surface area (Å²) in [5.41, 5.74) is 6.83. The molecule has 1 heteroatoms. The maximum atomic E-state index is 5.43. The van der Waals surface area contributed by atoms with Gasteiger partial charge in [0.2, 0.25) is 0 Å². The fraction of sp³-hybridized carbons (Fsp3) is 0.333. The third-order valence-electron chi connectivity index (χ3n) is 2.19. The lowest BCUT2D eigenvalue weighted by Crippen LogP contribution is -2.13. The Morgan fingerprint density at radius 1 is 1.23 bits per heavy atom. The summed E-state index contributed by atoms with van der Waals surface area (Å²) in [6.07, 6.45) is 4.16. The van der Waals surface area contributed by atoms with Gasteiger partial charge in [-0.05, 0) is 5.56 Å². The van der Waals surface area contributed by atoms with Gasteiger partial charge in [0.15, 0.2) is 0 Å². The molecule has 0 bridgehead atoms. The molecule has 0 saturated heterocycles. The lowest BCUT2D eigenvalue weighted by atomic mass is 9.84. The molecular formula is C12H17N.